The van der Waals surface area contributed by atoms with Crippen molar-refractivity contribution in [1.29, 1.82) is 0 Å². The van der Waals surface area contributed by atoms with Crippen molar-refractivity contribution < 1.29 is 4.74 Å². The Morgan fingerprint density at radius 3 is 2.67 bits per heavy atom. The van der Waals surface area contributed by atoms with E-state index in [1.807, 2.05) is 19.9 Å². The van der Waals surface area contributed by atoms with Crippen LogP contribution in [0.25, 0.3) is 5.57 Å². The molecule has 0 bridgehead atoms. The molecule has 0 amide bonds. The van der Waals surface area contributed by atoms with Gasteiger partial charge in [-0.25, -0.2) is 0 Å². The van der Waals surface area contributed by atoms with Crippen molar-refractivity contribution in [2.45, 2.75) is 13.8 Å². The van der Waals surface area contributed by atoms with Gasteiger partial charge in [-0.2, -0.15) is 0 Å². The number of allylic oxidation sites excluding steroid dienone is 1. The minimum Gasteiger partial charge on any atom is -0.494 e. The van der Waals surface area contributed by atoms with E-state index in [0.717, 1.165) is 16.8 Å². The molecule has 0 aromatic heterocycles. The second-order valence-electron chi connectivity index (χ2n) is 3.25. The second-order valence-corrected chi connectivity index (χ2v) is 3.25. The van der Waals surface area contributed by atoms with Crippen LogP contribution in [0.15, 0.2) is 23.7 Å². The number of rotatable bonds is 3. The third-order valence-electron chi connectivity index (χ3n) is 2.07. The molecule has 0 unspecified atom stereocenters. The number of nitrogen functional groups attached to an aromatic ring is 1. The van der Waals surface area contributed by atoms with Crippen molar-refractivity contribution in [3.63, 3.8) is 0 Å². The van der Waals surface area contributed by atoms with Gasteiger partial charge in [0.2, 0.25) is 0 Å². The smallest absolute Gasteiger partial charge is 0.151 e. The van der Waals surface area contributed by atoms with Crippen LogP contribution < -0.4 is 10.5 Å². The predicted molar refractivity (Wildman–Crippen MR) is 65.9 cm³/mol. The van der Waals surface area contributed by atoms with Crippen molar-refractivity contribution in [2.24, 2.45) is 4.99 Å². The molecular formula is C12H16N2O. The molecule has 0 aliphatic rings. The third kappa shape index (κ3) is 2.18. The molecule has 1 rings (SSSR count). The average molecular weight is 204 g/mol. The molecule has 1 aromatic carbocycles. The highest BCUT2D eigenvalue weighted by Crippen LogP contribution is 2.38. The zero-order valence-electron chi connectivity index (χ0n) is 9.37. The Balaban J connectivity index is 3.48. The number of nitrogens with two attached hydrogens (primary N) is 1. The van der Waals surface area contributed by atoms with Crippen LogP contribution in [-0.4, -0.2) is 13.3 Å². The maximum Gasteiger partial charge on any atom is 0.151 e. The third-order valence-corrected chi connectivity index (χ3v) is 2.07. The predicted octanol–water partition coefficient (Wildman–Crippen LogP) is 3.03. The fraction of sp³-hybridized carbons (Fsp3) is 0.250. The molecule has 0 aliphatic heterocycles. The Kier molecular flexibility index (Phi) is 3.50. The second kappa shape index (κ2) is 4.64. The van der Waals surface area contributed by atoms with E-state index in [1.54, 1.807) is 19.4 Å². The van der Waals surface area contributed by atoms with Gasteiger partial charge in [0.15, 0.2) is 5.75 Å². The standard InChI is InChI=1S/C12H16N2O/c1-5-14-10-7-6-9(13)12(15-4)11(10)8(2)3/h5-7H,2,13H2,1,3-4H3/b14-5-. The Labute approximate surface area is 90.3 Å². The molecule has 0 radical (unpaired) electrons. The van der Waals surface area contributed by atoms with E-state index in [-0.39, 0.29) is 0 Å². The highest BCUT2D eigenvalue weighted by atomic mass is 16.5. The van der Waals surface area contributed by atoms with Gasteiger partial charge in [0.1, 0.15) is 0 Å². The van der Waals surface area contributed by atoms with Gasteiger partial charge in [-0.1, -0.05) is 6.58 Å². The Hall–Kier alpha value is -1.77. The first-order chi connectivity index (χ1) is 7.11. The van der Waals surface area contributed by atoms with E-state index in [4.69, 9.17) is 10.5 Å². The first-order valence-corrected chi connectivity index (χ1v) is 4.72. The van der Waals surface area contributed by atoms with Crippen LogP contribution in [-0.2, 0) is 0 Å². The quantitative estimate of drug-likeness (QED) is 0.607. The highest BCUT2D eigenvalue weighted by molar-refractivity contribution is 5.83. The number of hydrogen-bond acceptors (Lipinski definition) is 3. The van der Waals surface area contributed by atoms with Crippen LogP contribution in [0, 0.1) is 0 Å². The Morgan fingerprint density at radius 2 is 2.20 bits per heavy atom. The van der Waals surface area contributed by atoms with Gasteiger partial charge in [0, 0.05) is 11.8 Å². The van der Waals surface area contributed by atoms with Crippen LogP contribution in [0.1, 0.15) is 19.4 Å². The Bertz CT molecular complexity index is 408. The Morgan fingerprint density at radius 1 is 1.53 bits per heavy atom. The number of methoxy groups -OCH3 is 1. The average Bonchev–Trinajstić information content (AvgIpc) is 2.20. The molecule has 0 atom stereocenters. The number of ether oxygens (including phenoxy) is 1. The van der Waals surface area contributed by atoms with E-state index in [0.29, 0.717) is 11.4 Å². The summed E-state index contributed by atoms with van der Waals surface area (Å²) in [7, 11) is 1.59. The van der Waals surface area contributed by atoms with E-state index in [1.165, 1.54) is 0 Å². The maximum atomic E-state index is 5.82. The van der Waals surface area contributed by atoms with Gasteiger partial charge in [-0.3, -0.25) is 4.99 Å². The summed E-state index contributed by atoms with van der Waals surface area (Å²) in [5.74, 6) is 0.644. The SMILES string of the molecule is C=C(C)c1c(/N=C\C)ccc(N)c1OC. The van der Waals surface area contributed by atoms with Crippen molar-refractivity contribution in [1.82, 2.24) is 0 Å². The van der Waals surface area contributed by atoms with Crippen molar-refractivity contribution >= 4 is 23.2 Å². The lowest BCUT2D eigenvalue weighted by atomic mass is 10.0. The summed E-state index contributed by atoms with van der Waals surface area (Å²) >= 11 is 0. The molecule has 0 fully saturated rings. The summed E-state index contributed by atoms with van der Waals surface area (Å²) in [5.41, 5.74) is 9.01. The van der Waals surface area contributed by atoms with Crippen LogP contribution >= 0.6 is 0 Å². The molecule has 0 saturated carbocycles. The van der Waals surface area contributed by atoms with Crippen LogP contribution in [0.2, 0.25) is 0 Å². The normalized spacial score (nSPS) is 10.6. The number of hydrogen-bond donors (Lipinski definition) is 1. The fourth-order valence-electron chi connectivity index (χ4n) is 1.47. The molecule has 2 N–H and O–H groups in total. The summed E-state index contributed by atoms with van der Waals surface area (Å²) in [4.78, 5) is 4.26. The molecule has 0 saturated heterocycles. The summed E-state index contributed by atoms with van der Waals surface area (Å²) < 4.78 is 5.26. The van der Waals surface area contributed by atoms with Crippen molar-refractivity contribution in [3.8, 4) is 5.75 Å². The van der Waals surface area contributed by atoms with E-state index >= 15 is 0 Å². The molecule has 3 nitrogen and oxygen atoms in total. The van der Waals surface area contributed by atoms with Crippen LogP contribution in [0.5, 0.6) is 5.75 Å². The van der Waals surface area contributed by atoms with Crippen molar-refractivity contribution in [2.75, 3.05) is 12.8 Å². The zero-order valence-corrected chi connectivity index (χ0v) is 9.37. The zero-order chi connectivity index (χ0) is 11.4. The van der Waals surface area contributed by atoms with Crippen LogP contribution in [0.4, 0.5) is 11.4 Å². The van der Waals surface area contributed by atoms with Gasteiger partial charge in [-0.05, 0) is 31.6 Å². The van der Waals surface area contributed by atoms with E-state index in [9.17, 15) is 0 Å². The summed E-state index contributed by atoms with van der Waals surface area (Å²) in [5, 5.41) is 0. The molecule has 0 aliphatic carbocycles. The number of anilines is 1. The molecule has 80 valence electrons. The lowest BCUT2D eigenvalue weighted by Crippen LogP contribution is -1.96. The molecule has 3 heteroatoms. The van der Waals surface area contributed by atoms with Gasteiger partial charge >= 0.3 is 0 Å². The lowest BCUT2D eigenvalue weighted by Gasteiger charge is -2.13. The number of nitrogens with zero attached hydrogens (tertiary/aromatic N) is 1. The summed E-state index contributed by atoms with van der Waals surface area (Å²) in [6.45, 7) is 7.68. The van der Waals surface area contributed by atoms with Crippen LogP contribution in [0.3, 0.4) is 0 Å². The van der Waals surface area contributed by atoms with Crippen molar-refractivity contribution in [3.05, 3.63) is 24.3 Å². The highest BCUT2D eigenvalue weighted by Gasteiger charge is 2.12. The summed E-state index contributed by atoms with van der Waals surface area (Å²) in [6.07, 6.45) is 1.73. The van der Waals surface area contributed by atoms with Gasteiger partial charge in [-0.15, -0.1) is 0 Å². The molecule has 1 aromatic rings. The van der Waals surface area contributed by atoms with Gasteiger partial charge in [0.05, 0.1) is 18.5 Å². The fourth-order valence-corrected chi connectivity index (χ4v) is 1.47. The lowest BCUT2D eigenvalue weighted by molar-refractivity contribution is 0.416. The van der Waals surface area contributed by atoms with E-state index in [2.05, 4.69) is 11.6 Å². The number of benzene rings is 1. The topological polar surface area (TPSA) is 47.6 Å². The molecule has 15 heavy (non-hydrogen) atoms. The largest absolute Gasteiger partial charge is 0.494 e. The van der Waals surface area contributed by atoms with E-state index < -0.39 is 0 Å². The number of aliphatic imine (C=N–C) groups is 1. The molecular weight excluding hydrogens is 188 g/mol. The molecule has 0 heterocycles. The minimum atomic E-state index is 0.602. The van der Waals surface area contributed by atoms with Gasteiger partial charge in [0.25, 0.3) is 0 Å². The first-order valence-electron chi connectivity index (χ1n) is 4.72. The monoisotopic (exact) mass is 204 g/mol. The minimum absolute atomic E-state index is 0.602. The molecule has 0 spiro atoms. The first kappa shape index (κ1) is 11.3. The van der Waals surface area contributed by atoms with Gasteiger partial charge < -0.3 is 10.5 Å². The summed E-state index contributed by atoms with van der Waals surface area (Å²) in [6, 6.07) is 3.65. The maximum absolute atomic E-state index is 5.82.